The molecule has 55 heavy (non-hydrogen) atoms. The van der Waals surface area contributed by atoms with Crippen molar-refractivity contribution in [2.24, 2.45) is 7.05 Å². The number of rotatable bonds is 8. The van der Waals surface area contributed by atoms with E-state index in [2.05, 4.69) is 44.4 Å². The number of benzene rings is 2. The minimum atomic E-state index is -4.06. The van der Waals surface area contributed by atoms with Crippen molar-refractivity contribution in [3.05, 3.63) is 70.5 Å². The molecule has 2 amide bonds. The molecule has 290 valence electrons. The van der Waals surface area contributed by atoms with Gasteiger partial charge in [0.15, 0.2) is 0 Å². The summed E-state index contributed by atoms with van der Waals surface area (Å²) in [4.78, 5) is 32.7. The fourth-order valence-electron chi connectivity index (χ4n) is 9.87. The lowest BCUT2D eigenvalue weighted by molar-refractivity contribution is 0.0630. The van der Waals surface area contributed by atoms with Crippen molar-refractivity contribution >= 4 is 44.6 Å². The third kappa shape index (κ3) is 6.27. The van der Waals surface area contributed by atoms with Gasteiger partial charge in [-0.15, -0.1) is 0 Å². The molecule has 0 spiro atoms. The largest absolute Gasteiger partial charge is 0.497 e. The molecule has 4 aromatic rings. The molecule has 6 heterocycles. The van der Waals surface area contributed by atoms with Gasteiger partial charge in [0.25, 0.3) is 11.8 Å². The van der Waals surface area contributed by atoms with E-state index in [1.54, 1.807) is 24.1 Å². The first-order valence-electron chi connectivity index (χ1n) is 19.7. The number of carbonyl (C=O) groups excluding carboxylic acids is 2. The molecule has 1 aliphatic carbocycles. The average Bonchev–Trinajstić information content (AvgIpc) is 3.97. The maximum absolute atomic E-state index is 14.5. The summed E-state index contributed by atoms with van der Waals surface area (Å²) in [6.07, 6.45) is 10.5. The lowest BCUT2D eigenvalue weighted by Crippen LogP contribution is -2.48. The Hall–Kier alpha value is -4.50. The van der Waals surface area contributed by atoms with Crippen molar-refractivity contribution in [3.8, 4) is 17.0 Å². The molecule has 0 radical (unpaired) electrons. The van der Waals surface area contributed by atoms with Crippen LogP contribution in [0.15, 0.2) is 42.6 Å². The summed E-state index contributed by atoms with van der Waals surface area (Å²) in [5.41, 5.74) is 7.69. The number of amides is 2. The van der Waals surface area contributed by atoms with Crippen molar-refractivity contribution in [2.75, 3.05) is 53.0 Å². The second-order valence-corrected chi connectivity index (χ2v) is 17.3. The average molecular weight is 768 g/mol. The number of likely N-dealkylation sites (tertiary alicyclic amines) is 2. The summed E-state index contributed by atoms with van der Waals surface area (Å²) in [7, 11) is -0.504. The Morgan fingerprint density at radius 3 is 2.53 bits per heavy atom. The van der Waals surface area contributed by atoms with Gasteiger partial charge in [-0.25, -0.2) is 4.72 Å². The van der Waals surface area contributed by atoms with Crippen molar-refractivity contribution in [1.29, 1.82) is 0 Å². The van der Waals surface area contributed by atoms with Crippen LogP contribution in [0.5, 0.6) is 5.75 Å². The smallest absolute Gasteiger partial charge is 0.304 e. The molecule has 9 rings (SSSR count). The highest BCUT2D eigenvalue weighted by molar-refractivity contribution is 7.87. The minimum Gasteiger partial charge on any atom is -0.497 e. The number of piperazine rings is 1. The lowest BCUT2D eigenvalue weighted by Gasteiger charge is -2.33. The van der Waals surface area contributed by atoms with Crippen LogP contribution in [0.3, 0.4) is 0 Å². The summed E-state index contributed by atoms with van der Waals surface area (Å²) in [6, 6.07) is 12.3. The van der Waals surface area contributed by atoms with Crippen LogP contribution in [-0.2, 0) is 28.5 Å². The van der Waals surface area contributed by atoms with Crippen molar-refractivity contribution in [1.82, 2.24) is 33.2 Å². The predicted octanol–water partition coefficient (Wildman–Crippen LogP) is 4.88. The quantitative estimate of drug-likeness (QED) is 0.269. The van der Waals surface area contributed by atoms with Gasteiger partial charge in [0.05, 0.1) is 50.0 Å². The zero-order valence-corrected chi connectivity index (χ0v) is 32.6. The Labute approximate surface area is 322 Å². The third-order valence-electron chi connectivity index (χ3n) is 12.6. The predicted molar refractivity (Wildman–Crippen MR) is 210 cm³/mol. The first-order valence-corrected chi connectivity index (χ1v) is 21.1. The molecular weight excluding hydrogens is 719 g/mol. The number of morpholine rings is 1. The van der Waals surface area contributed by atoms with Crippen molar-refractivity contribution in [3.63, 3.8) is 0 Å². The van der Waals surface area contributed by atoms with Gasteiger partial charge in [0, 0.05) is 67.3 Å². The zero-order valence-electron chi connectivity index (χ0n) is 31.8. The molecule has 2 atom stereocenters. The fraction of sp³-hybridized carbons (Fsp3) is 0.488. The van der Waals surface area contributed by atoms with Crippen molar-refractivity contribution < 1.29 is 27.5 Å². The summed E-state index contributed by atoms with van der Waals surface area (Å²) >= 11 is 0. The van der Waals surface area contributed by atoms with Gasteiger partial charge in [-0.3, -0.25) is 19.2 Å². The first-order chi connectivity index (χ1) is 26.6. The topological polar surface area (TPSA) is 131 Å². The number of fused-ring (bicyclic) bond motifs is 7. The molecule has 14 heteroatoms. The Bertz CT molecular complexity index is 2320. The second kappa shape index (κ2) is 14.2. The number of allylic oxidation sites excluding steroid dienone is 1. The highest BCUT2D eigenvalue weighted by Gasteiger charge is 2.45. The maximum atomic E-state index is 14.5. The van der Waals surface area contributed by atoms with Crippen LogP contribution < -0.4 is 9.46 Å². The van der Waals surface area contributed by atoms with E-state index in [4.69, 9.17) is 9.47 Å². The highest BCUT2D eigenvalue weighted by Crippen LogP contribution is 2.48. The third-order valence-corrected chi connectivity index (χ3v) is 14.1. The second-order valence-electron chi connectivity index (χ2n) is 15.6. The molecule has 1 saturated carbocycles. The molecule has 4 fully saturated rings. The van der Waals surface area contributed by atoms with E-state index in [0.29, 0.717) is 30.6 Å². The molecular formula is C41H49N7O6S. The Morgan fingerprint density at radius 1 is 1.00 bits per heavy atom. The molecule has 2 aromatic heterocycles. The molecule has 2 bridgehead atoms. The number of hydrogen-bond acceptors (Lipinski definition) is 8. The Kier molecular flexibility index (Phi) is 9.35. The first kappa shape index (κ1) is 36.2. The monoisotopic (exact) mass is 767 g/mol. The van der Waals surface area contributed by atoms with Gasteiger partial charge in [0.1, 0.15) is 5.75 Å². The number of aromatic nitrogens is 3. The number of carbonyl (C=O) groups is 2. The van der Waals surface area contributed by atoms with Crippen LogP contribution in [0.1, 0.15) is 88.9 Å². The Balaban J connectivity index is 1.18. The fourth-order valence-corrected chi connectivity index (χ4v) is 11.0. The van der Waals surface area contributed by atoms with Crippen LogP contribution in [0.2, 0.25) is 0 Å². The minimum absolute atomic E-state index is 0.00304. The zero-order chi connectivity index (χ0) is 38.0. The van der Waals surface area contributed by atoms with E-state index in [-0.39, 0.29) is 43.8 Å². The van der Waals surface area contributed by atoms with E-state index >= 15 is 0 Å². The maximum Gasteiger partial charge on any atom is 0.304 e. The molecule has 1 N–H and O–H groups in total. The molecule has 2 aromatic carbocycles. The van der Waals surface area contributed by atoms with E-state index < -0.39 is 16.1 Å². The van der Waals surface area contributed by atoms with Crippen LogP contribution >= 0.6 is 0 Å². The van der Waals surface area contributed by atoms with Crippen molar-refractivity contribution in [2.45, 2.75) is 70.0 Å². The summed E-state index contributed by atoms with van der Waals surface area (Å²) in [6.45, 7) is 6.12. The number of nitrogens with one attached hydrogen (secondary N) is 1. The van der Waals surface area contributed by atoms with Gasteiger partial charge in [-0.1, -0.05) is 32.3 Å². The number of likely N-dealkylation sites (N-methyl/N-ethyl adjacent to an activating group) is 1. The number of aryl methyl sites for hydroxylation is 1. The van der Waals surface area contributed by atoms with Gasteiger partial charge < -0.3 is 18.9 Å². The summed E-state index contributed by atoms with van der Waals surface area (Å²) in [5, 5.41) is 5.72. The molecule has 3 saturated heterocycles. The molecule has 4 aliphatic heterocycles. The van der Waals surface area contributed by atoms with Gasteiger partial charge in [0.2, 0.25) is 0 Å². The van der Waals surface area contributed by atoms with E-state index in [9.17, 15) is 18.0 Å². The van der Waals surface area contributed by atoms with Crippen LogP contribution in [-0.4, -0.2) is 114 Å². The van der Waals surface area contributed by atoms with E-state index in [0.717, 1.165) is 89.9 Å². The summed E-state index contributed by atoms with van der Waals surface area (Å²) in [5.74, 6) is 0.364. The number of ether oxygens (including phenoxy) is 2. The van der Waals surface area contributed by atoms with Crippen LogP contribution in [0, 0.1) is 0 Å². The van der Waals surface area contributed by atoms with Gasteiger partial charge >= 0.3 is 10.2 Å². The normalized spacial score (nSPS) is 22.0. The lowest BCUT2D eigenvalue weighted by atomic mass is 9.81. The van der Waals surface area contributed by atoms with E-state index in [1.165, 1.54) is 16.3 Å². The number of methoxy groups -OCH3 is 1. The van der Waals surface area contributed by atoms with Crippen LogP contribution in [0.25, 0.3) is 33.8 Å². The molecule has 5 aliphatic rings. The van der Waals surface area contributed by atoms with Gasteiger partial charge in [-0.2, -0.15) is 17.8 Å². The Morgan fingerprint density at radius 2 is 1.80 bits per heavy atom. The standard InChI is InChI=1S/C41H49N7O6S/c1-4-45-24-31-21-30(45)25-47(31)41(50)35-22-42-44(2)38(35)29-18-28-19-32(53-3)11-13-33(28)39-37(26-8-6-5-7-9-26)34-12-10-27(20-36(34)48(39)23-29)40(49)43-55(51,52)46-14-16-54-17-15-46/h10-13,18-20,22,26,30-31H,4-9,14-17,21,23-25H2,1-3H3,(H,43,49)/t30-,31+/m0/s1. The van der Waals surface area contributed by atoms with Gasteiger partial charge in [-0.05, 0) is 84.8 Å². The molecule has 13 nitrogen and oxygen atoms in total. The SMILES string of the molecule is CCN1C[C@H]2C[C@H]1CN2C(=O)c1cnn(C)c1C1=Cc2cc(OC)ccc2-c2c(C3CCCCC3)c3ccc(C(=O)NS(=O)(=O)N4CCOCC4)cc3n2C1. The van der Waals surface area contributed by atoms with Crippen LogP contribution in [0.4, 0.5) is 0 Å². The molecule has 0 unspecified atom stereocenters. The highest BCUT2D eigenvalue weighted by atomic mass is 32.2. The summed E-state index contributed by atoms with van der Waals surface area (Å²) < 4.78 is 45.2. The number of hydrogen-bond donors (Lipinski definition) is 1. The van der Waals surface area contributed by atoms with E-state index in [1.807, 2.05) is 30.1 Å². The number of nitrogens with zero attached hydrogens (tertiary/aromatic N) is 6.